The highest BCUT2D eigenvalue weighted by Crippen LogP contribution is 2.44. The third-order valence-corrected chi connectivity index (χ3v) is 14.2. The molecule has 3 aromatic rings. The zero-order valence-electron chi connectivity index (χ0n) is 28.9. The van der Waals surface area contributed by atoms with Crippen molar-refractivity contribution in [3.8, 4) is 0 Å². The van der Waals surface area contributed by atoms with Crippen molar-refractivity contribution in [2.24, 2.45) is 4.99 Å². The summed E-state index contributed by atoms with van der Waals surface area (Å²) in [5.41, 5.74) is 4.36. The number of carbonyl (C=O) groups is 1. The number of aliphatic imine (C=N–C) groups is 1. The minimum absolute atomic E-state index is 0.0163. The van der Waals surface area contributed by atoms with Gasteiger partial charge >= 0.3 is 11.8 Å². The number of amides is 1. The van der Waals surface area contributed by atoms with E-state index >= 15 is 0 Å². The van der Waals surface area contributed by atoms with E-state index in [0.29, 0.717) is 12.8 Å². The number of rotatable bonds is 8. The molecule has 2 aliphatic rings. The van der Waals surface area contributed by atoms with Crippen LogP contribution in [-0.4, -0.2) is 52.3 Å². The molecule has 8 nitrogen and oxygen atoms in total. The Morgan fingerprint density at radius 2 is 1.74 bits per heavy atom. The first-order valence-corrected chi connectivity index (χ1v) is 19.4. The van der Waals surface area contributed by atoms with Gasteiger partial charge in [0.15, 0.2) is 8.32 Å². The lowest BCUT2D eigenvalue weighted by atomic mass is 9.99. The quantitative estimate of drug-likeness (QED) is 0.231. The van der Waals surface area contributed by atoms with Crippen LogP contribution in [0.4, 0.5) is 10.5 Å². The molecule has 0 aliphatic carbocycles. The number of ether oxygens (including phenoxy) is 1. The maximum absolute atomic E-state index is 14.0. The molecule has 0 bridgehead atoms. The van der Waals surface area contributed by atoms with Gasteiger partial charge in [0.2, 0.25) is 0 Å². The van der Waals surface area contributed by atoms with E-state index in [0.717, 1.165) is 40.9 Å². The topological polar surface area (TPSA) is 86.0 Å². The highest BCUT2D eigenvalue weighted by molar-refractivity contribution is 6.74. The molecule has 2 aliphatic heterocycles. The summed E-state index contributed by atoms with van der Waals surface area (Å²) >= 11 is 0. The molecular weight excluding hydrogens is 593 g/mol. The molecule has 0 spiro atoms. The smallest absolute Gasteiger partial charge is 0.410 e. The van der Waals surface area contributed by atoms with E-state index in [-0.39, 0.29) is 41.1 Å². The lowest BCUT2D eigenvalue weighted by Gasteiger charge is -2.43. The molecule has 0 N–H and O–H groups in total. The molecule has 246 valence electrons. The summed E-state index contributed by atoms with van der Waals surface area (Å²) in [6.07, 6.45) is 5.79. The van der Waals surface area contributed by atoms with Crippen LogP contribution in [0.15, 0.2) is 76.8 Å². The van der Waals surface area contributed by atoms with Crippen molar-refractivity contribution in [2.75, 3.05) is 0 Å². The summed E-state index contributed by atoms with van der Waals surface area (Å²) in [5.74, 6) is 0. The van der Waals surface area contributed by atoms with Gasteiger partial charge in [0.25, 0.3) is 0 Å². The largest absolute Gasteiger partial charge is 0.444 e. The van der Waals surface area contributed by atoms with Crippen molar-refractivity contribution in [2.45, 2.75) is 122 Å². The third kappa shape index (κ3) is 7.36. The van der Waals surface area contributed by atoms with Gasteiger partial charge in [0.1, 0.15) is 5.60 Å². The lowest BCUT2D eigenvalue weighted by molar-refractivity contribution is -0.00238. The van der Waals surface area contributed by atoms with Crippen molar-refractivity contribution in [1.82, 2.24) is 14.5 Å². The SMILES string of the molecule is C[C@@H](C1=Nc2ccc(CC3CC[C@H]([C@H](O[Si](C)(C)C(C)(C)C)c4ccccc4)N3C(=O)OC(C)(C)C)cc2C1)n1cccnc1=O. The van der Waals surface area contributed by atoms with Gasteiger partial charge in [-0.15, -0.1) is 0 Å². The Kier molecular flexibility index (Phi) is 9.49. The molecule has 1 fully saturated rings. The zero-order valence-corrected chi connectivity index (χ0v) is 29.9. The summed E-state index contributed by atoms with van der Waals surface area (Å²) in [7, 11) is -2.20. The molecule has 1 saturated heterocycles. The van der Waals surface area contributed by atoms with Gasteiger partial charge < -0.3 is 9.16 Å². The molecule has 1 unspecified atom stereocenters. The second-order valence-corrected chi connectivity index (χ2v) is 20.1. The second kappa shape index (κ2) is 12.9. The van der Waals surface area contributed by atoms with Gasteiger partial charge in [0.05, 0.1) is 23.9 Å². The molecule has 9 heteroatoms. The van der Waals surface area contributed by atoms with Crippen LogP contribution in [0.2, 0.25) is 18.1 Å². The highest BCUT2D eigenvalue weighted by atomic mass is 28.4. The first-order valence-electron chi connectivity index (χ1n) is 16.5. The number of nitrogens with zero attached hydrogens (tertiary/aromatic N) is 4. The highest BCUT2D eigenvalue weighted by Gasteiger charge is 2.47. The van der Waals surface area contributed by atoms with Crippen LogP contribution in [0, 0.1) is 0 Å². The van der Waals surface area contributed by atoms with E-state index < -0.39 is 13.9 Å². The Labute approximate surface area is 275 Å². The number of fused-ring (bicyclic) bond motifs is 1. The molecule has 0 saturated carbocycles. The molecule has 1 amide bonds. The van der Waals surface area contributed by atoms with Crippen LogP contribution in [-0.2, 0) is 22.0 Å². The standard InChI is InChI=1S/C37H50N4O4Si/c1-25(40-21-13-20-38-34(40)42)31-24-28-22-26(16-18-30(28)39-31)23-29-17-19-32(41(29)35(43)44-36(2,3)4)33(27-14-11-10-12-15-27)45-46(8,9)37(5,6)7/h10-16,18,20-22,25,29,32-33H,17,19,23-24H2,1-9H3/t25-,29?,32+,33+/m0/s1. The lowest BCUT2D eigenvalue weighted by Crippen LogP contribution is -2.50. The van der Waals surface area contributed by atoms with Gasteiger partial charge in [-0.2, -0.15) is 0 Å². The average molecular weight is 643 g/mol. The molecule has 46 heavy (non-hydrogen) atoms. The molecular formula is C37H50N4O4Si. The van der Waals surface area contributed by atoms with Gasteiger partial charge in [-0.3, -0.25) is 14.5 Å². The number of carbonyl (C=O) groups excluding carboxylic acids is 1. The molecule has 1 aromatic heterocycles. The second-order valence-electron chi connectivity index (χ2n) is 15.3. The summed E-state index contributed by atoms with van der Waals surface area (Å²) in [5, 5.41) is 0.0163. The Morgan fingerprint density at radius 1 is 1.02 bits per heavy atom. The number of hydrogen-bond acceptors (Lipinski definition) is 6. The summed E-state index contributed by atoms with van der Waals surface area (Å²) < 4.78 is 14.9. The van der Waals surface area contributed by atoms with Gasteiger partial charge in [-0.25, -0.2) is 14.6 Å². The van der Waals surface area contributed by atoms with Gasteiger partial charge in [-0.05, 0) is 93.9 Å². The van der Waals surface area contributed by atoms with Crippen LogP contribution in [0.5, 0.6) is 0 Å². The molecule has 5 rings (SSSR count). The first-order chi connectivity index (χ1) is 21.5. The average Bonchev–Trinajstić information content (AvgIpc) is 3.59. The van der Waals surface area contributed by atoms with Crippen molar-refractivity contribution in [3.63, 3.8) is 0 Å². The van der Waals surface area contributed by atoms with Gasteiger partial charge in [-0.1, -0.05) is 63.2 Å². The summed E-state index contributed by atoms with van der Waals surface area (Å²) in [6, 6.07) is 18.1. The van der Waals surface area contributed by atoms with E-state index in [4.69, 9.17) is 14.2 Å². The third-order valence-electron chi connectivity index (χ3n) is 9.74. The number of likely N-dealkylation sites (tertiary alicyclic amines) is 1. The first kappa shape index (κ1) is 33.8. The van der Waals surface area contributed by atoms with Crippen molar-refractivity contribution in [1.29, 1.82) is 0 Å². The Bertz CT molecular complexity index is 1640. The molecule has 0 radical (unpaired) electrons. The van der Waals surface area contributed by atoms with E-state index in [1.54, 1.807) is 16.8 Å². The Balaban J connectivity index is 1.42. The predicted octanol–water partition coefficient (Wildman–Crippen LogP) is 8.21. The molecule has 3 heterocycles. The Morgan fingerprint density at radius 3 is 2.39 bits per heavy atom. The van der Waals surface area contributed by atoms with Crippen molar-refractivity contribution < 1.29 is 14.0 Å². The van der Waals surface area contributed by atoms with Crippen molar-refractivity contribution >= 4 is 25.8 Å². The fraction of sp³-hybridized carbons (Fsp3) is 0.514. The van der Waals surface area contributed by atoms with Crippen LogP contribution in [0.25, 0.3) is 0 Å². The maximum atomic E-state index is 14.0. The summed E-state index contributed by atoms with van der Waals surface area (Å²) in [6.45, 7) is 19.1. The van der Waals surface area contributed by atoms with Crippen LogP contribution < -0.4 is 5.69 Å². The van der Waals surface area contributed by atoms with Crippen molar-refractivity contribution in [3.05, 3.63) is 94.2 Å². The minimum atomic E-state index is -2.20. The zero-order chi connectivity index (χ0) is 33.4. The predicted molar refractivity (Wildman–Crippen MR) is 187 cm³/mol. The van der Waals surface area contributed by atoms with Gasteiger partial charge in [0, 0.05) is 30.6 Å². The van der Waals surface area contributed by atoms with Crippen LogP contribution >= 0.6 is 0 Å². The minimum Gasteiger partial charge on any atom is -0.444 e. The summed E-state index contributed by atoms with van der Waals surface area (Å²) in [4.78, 5) is 37.2. The number of hydrogen-bond donors (Lipinski definition) is 0. The number of aromatic nitrogens is 2. The Hall–Kier alpha value is -3.56. The molecule has 2 aromatic carbocycles. The fourth-order valence-electron chi connectivity index (χ4n) is 6.26. The normalized spacial score (nSPS) is 19.8. The number of benzene rings is 2. The fourth-order valence-corrected chi connectivity index (χ4v) is 7.54. The molecule has 4 atom stereocenters. The van der Waals surface area contributed by atoms with E-state index in [1.165, 1.54) is 6.20 Å². The van der Waals surface area contributed by atoms with E-state index in [2.05, 4.69) is 69.2 Å². The van der Waals surface area contributed by atoms with Crippen LogP contribution in [0.1, 0.15) is 90.1 Å². The monoisotopic (exact) mass is 642 g/mol. The van der Waals surface area contributed by atoms with E-state index in [1.807, 2.05) is 50.8 Å². The van der Waals surface area contributed by atoms with Crippen LogP contribution in [0.3, 0.4) is 0 Å². The maximum Gasteiger partial charge on any atom is 0.410 e. The van der Waals surface area contributed by atoms with E-state index in [9.17, 15) is 9.59 Å².